The highest BCUT2D eigenvalue weighted by Crippen LogP contribution is 2.65. The van der Waals surface area contributed by atoms with Crippen molar-refractivity contribution < 1.29 is 29.0 Å². The number of methoxy groups -OCH3 is 1. The summed E-state index contributed by atoms with van der Waals surface area (Å²) in [7, 11) is 1.51. The van der Waals surface area contributed by atoms with Gasteiger partial charge in [0, 0.05) is 17.5 Å². The second-order valence-electron chi connectivity index (χ2n) is 13.8. The van der Waals surface area contributed by atoms with E-state index in [-0.39, 0.29) is 30.5 Å². The predicted octanol–water partition coefficient (Wildman–Crippen LogP) is 5.89. The van der Waals surface area contributed by atoms with Crippen molar-refractivity contribution >= 4 is 29.3 Å². The number of anilines is 1. The van der Waals surface area contributed by atoms with E-state index in [1.165, 1.54) is 18.1 Å². The number of phenols is 1. The van der Waals surface area contributed by atoms with Crippen molar-refractivity contribution in [3.63, 3.8) is 0 Å². The first-order chi connectivity index (χ1) is 24.2. The van der Waals surface area contributed by atoms with Crippen LogP contribution >= 0.6 is 0 Å². The summed E-state index contributed by atoms with van der Waals surface area (Å²) in [4.78, 5) is 59.6. The van der Waals surface area contributed by atoms with Gasteiger partial charge in [-0.1, -0.05) is 96.1 Å². The van der Waals surface area contributed by atoms with Gasteiger partial charge in [0.1, 0.15) is 11.5 Å². The Hall–Kier alpha value is -5.70. The summed E-state index contributed by atoms with van der Waals surface area (Å²) in [5.41, 5.74) is 5.97. The number of allylic oxidation sites excluding steroid dienone is 2. The topological polar surface area (TPSA) is 116 Å². The number of hydrogen-bond donors (Lipinski definition) is 2. The van der Waals surface area contributed by atoms with Gasteiger partial charge in [-0.3, -0.25) is 29.5 Å². The van der Waals surface area contributed by atoms with Gasteiger partial charge in [-0.2, -0.15) is 5.01 Å². The largest absolute Gasteiger partial charge is 0.508 e. The number of carbonyl (C=O) groups is 4. The highest BCUT2D eigenvalue weighted by atomic mass is 16.5. The number of benzene rings is 4. The Labute approximate surface area is 290 Å². The number of hydrazine groups is 1. The van der Waals surface area contributed by atoms with E-state index in [2.05, 4.69) is 5.43 Å². The molecule has 4 aromatic rings. The Morgan fingerprint density at radius 2 is 1.54 bits per heavy atom. The molecule has 6 atom stereocenters. The highest BCUT2D eigenvalue weighted by molar-refractivity contribution is 6.13. The quantitative estimate of drug-likeness (QED) is 0.186. The van der Waals surface area contributed by atoms with E-state index in [1.807, 2.05) is 97.9 Å². The van der Waals surface area contributed by atoms with E-state index >= 15 is 4.79 Å². The molecule has 50 heavy (non-hydrogen) atoms. The van der Waals surface area contributed by atoms with Gasteiger partial charge >= 0.3 is 0 Å². The zero-order chi connectivity index (χ0) is 34.7. The molecule has 4 amide bonds. The maximum Gasteiger partial charge on any atom is 0.260 e. The number of phenolic OH excluding ortho intramolecular Hbond substituents is 1. The van der Waals surface area contributed by atoms with Crippen LogP contribution in [0.4, 0.5) is 5.69 Å². The number of rotatable bonds is 7. The number of carbonyl (C=O) groups excluding carboxylic acids is 4. The lowest BCUT2D eigenvalue weighted by Crippen LogP contribution is -2.53. The Morgan fingerprint density at radius 3 is 2.22 bits per heavy atom. The smallest absolute Gasteiger partial charge is 0.260 e. The predicted molar refractivity (Wildman–Crippen MR) is 185 cm³/mol. The van der Waals surface area contributed by atoms with Gasteiger partial charge in [0.2, 0.25) is 11.8 Å². The van der Waals surface area contributed by atoms with Gasteiger partial charge in [0.25, 0.3) is 11.8 Å². The lowest BCUT2D eigenvalue weighted by Gasteiger charge is -2.50. The standard InChI is InChI=1S/C41H37N3O6/c1-24-13-15-27(16-14-24)42-44-38(47)33-22-32-29(19-20-31-35(32)39(48)43(37(31)46)23-25-9-5-3-6-10-25)36(30-18-17-28(50-2)21-34(30)45)41(33,40(44)49)26-11-7-4-8-12-26/h3-19,21,31-33,35-36,42,45H,20,22-23H2,1-2H3. The first-order valence-corrected chi connectivity index (χ1v) is 17.0. The molecule has 1 saturated carbocycles. The van der Waals surface area contributed by atoms with E-state index in [4.69, 9.17) is 4.74 Å². The zero-order valence-electron chi connectivity index (χ0n) is 27.8. The molecule has 6 unspecified atom stereocenters. The Kier molecular flexibility index (Phi) is 7.58. The van der Waals surface area contributed by atoms with Crippen LogP contribution in [-0.4, -0.2) is 45.8 Å². The molecule has 2 saturated heterocycles. The fourth-order valence-corrected chi connectivity index (χ4v) is 8.97. The van der Waals surface area contributed by atoms with Gasteiger partial charge < -0.3 is 9.84 Å². The van der Waals surface area contributed by atoms with Crippen LogP contribution in [0.2, 0.25) is 0 Å². The van der Waals surface area contributed by atoms with Crippen LogP contribution in [0.25, 0.3) is 0 Å². The molecule has 2 N–H and O–H groups in total. The van der Waals surface area contributed by atoms with E-state index in [0.29, 0.717) is 29.0 Å². The molecule has 2 aliphatic heterocycles. The minimum absolute atomic E-state index is 0.0863. The molecule has 3 fully saturated rings. The number of nitrogens with zero attached hydrogens (tertiary/aromatic N) is 2. The molecule has 0 radical (unpaired) electrons. The molecular formula is C41H37N3O6. The number of amides is 4. The summed E-state index contributed by atoms with van der Waals surface area (Å²) < 4.78 is 5.41. The molecule has 252 valence electrons. The minimum atomic E-state index is -1.47. The number of hydrogen-bond acceptors (Lipinski definition) is 7. The van der Waals surface area contributed by atoms with Gasteiger partial charge in [-0.25, -0.2) is 0 Å². The van der Waals surface area contributed by atoms with Crippen LogP contribution < -0.4 is 10.2 Å². The maximum absolute atomic E-state index is 15.2. The third-order valence-corrected chi connectivity index (χ3v) is 11.2. The Balaban J connectivity index is 1.30. The van der Waals surface area contributed by atoms with Crippen molar-refractivity contribution in [3.05, 3.63) is 137 Å². The highest BCUT2D eigenvalue weighted by Gasteiger charge is 2.70. The number of likely N-dealkylation sites (tertiary alicyclic amines) is 1. The van der Waals surface area contributed by atoms with Crippen molar-refractivity contribution in [3.8, 4) is 11.5 Å². The second kappa shape index (κ2) is 12.0. The molecule has 4 aliphatic rings. The lowest BCUT2D eigenvalue weighted by atomic mass is 9.49. The summed E-state index contributed by atoms with van der Waals surface area (Å²) >= 11 is 0. The summed E-state index contributed by atoms with van der Waals surface area (Å²) in [6.07, 6.45) is 2.49. The fourth-order valence-electron chi connectivity index (χ4n) is 8.97. The molecule has 2 heterocycles. The van der Waals surface area contributed by atoms with Gasteiger partial charge in [0.15, 0.2) is 0 Å². The summed E-state index contributed by atoms with van der Waals surface area (Å²) in [6, 6.07) is 31.1. The van der Waals surface area contributed by atoms with Crippen LogP contribution in [0.3, 0.4) is 0 Å². The van der Waals surface area contributed by atoms with E-state index < -0.39 is 46.8 Å². The molecule has 4 aromatic carbocycles. The number of fused-ring (bicyclic) bond motifs is 4. The van der Waals surface area contributed by atoms with Crippen molar-refractivity contribution in [2.75, 3.05) is 12.5 Å². The van der Waals surface area contributed by atoms with E-state index in [9.17, 15) is 19.5 Å². The summed E-state index contributed by atoms with van der Waals surface area (Å²) in [5.74, 6) is -4.54. The maximum atomic E-state index is 15.2. The number of aromatic hydroxyl groups is 1. The average Bonchev–Trinajstić information content (AvgIpc) is 3.50. The Morgan fingerprint density at radius 1 is 0.840 bits per heavy atom. The fraction of sp³-hybridized carbons (Fsp3) is 0.268. The van der Waals surface area contributed by atoms with Crippen molar-refractivity contribution in [2.45, 2.75) is 37.6 Å². The summed E-state index contributed by atoms with van der Waals surface area (Å²) in [5, 5.41) is 12.8. The number of imide groups is 2. The van der Waals surface area contributed by atoms with E-state index in [0.717, 1.165) is 21.7 Å². The first kappa shape index (κ1) is 31.6. The third-order valence-electron chi connectivity index (χ3n) is 11.2. The van der Waals surface area contributed by atoms with Gasteiger partial charge in [0.05, 0.1) is 42.5 Å². The second-order valence-corrected chi connectivity index (χ2v) is 13.8. The summed E-state index contributed by atoms with van der Waals surface area (Å²) in [6.45, 7) is 2.12. The molecular weight excluding hydrogens is 630 g/mol. The van der Waals surface area contributed by atoms with E-state index in [1.54, 1.807) is 12.1 Å². The normalized spacial score (nSPS) is 27.1. The van der Waals surface area contributed by atoms with Crippen LogP contribution in [0.5, 0.6) is 11.5 Å². The molecule has 0 aromatic heterocycles. The van der Waals surface area contributed by atoms with Crippen molar-refractivity contribution in [1.29, 1.82) is 0 Å². The number of nitrogens with one attached hydrogen (secondary N) is 1. The first-order valence-electron chi connectivity index (χ1n) is 17.0. The third kappa shape index (κ3) is 4.67. The van der Waals surface area contributed by atoms with Crippen molar-refractivity contribution in [1.82, 2.24) is 9.91 Å². The number of aryl methyl sites for hydroxylation is 1. The van der Waals surface area contributed by atoms with Crippen LogP contribution in [0.15, 0.2) is 115 Å². The lowest BCUT2D eigenvalue weighted by molar-refractivity contribution is -0.142. The van der Waals surface area contributed by atoms with Gasteiger partial charge in [-0.05, 0) is 55.0 Å². The minimum Gasteiger partial charge on any atom is -0.508 e. The molecule has 9 nitrogen and oxygen atoms in total. The molecule has 2 aliphatic carbocycles. The monoisotopic (exact) mass is 667 g/mol. The van der Waals surface area contributed by atoms with Crippen LogP contribution in [-0.2, 0) is 31.1 Å². The van der Waals surface area contributed by atoms with Gasteiger partial charge in [-0.15, -0.1) is 0 Å². The SMILES string of the molecule is COc1ccc(C2C3=CCC4C(=O)N(Cc5ccccc5)C(=O)C4C3CC3C(=O)N(Nc4ccc(C)cc4)C(=O)C32c2ccccc2)c(O)c1. The molecule has 9 heteroatoms. The zero-order valence-corrected chi connectivity index (χ0v) is 27.8. The van der Waals surface area contributed by atoms with Crippen LogP contribution in [0.1, 0.15) is 41.0 Å². The average molecular weight is 668 g/mol. The molecule has 0 spiro atoms. The van der Waals surface area contributed by atoms with Crippen molar-refractivity contribution in [2.24, 2.45) is 23.7 Å². The van der Waals surface area contributed by atoms with Crippen LogP contribution in [0, 0.1) is 30.6 Å². The molecule has 0 bridgehead atoms. The number of ether oxygens (including phenoxy) is 1. The Bertz CT molecular complexity index is 2050. The molecule has 8 rings (SSSR count).